The number of hydrogen-bond donors (Lipinski definition) is 1. The highest BCUT2D eigenvalue weighted by Gasteiger charge is 2.17. The van der Waals surface area contributed by atoms with Gasteiger partial charge in [0.25, 0.3) is 0 Å². The Bertz CT molecular complexity index is 292. The number of hydrogen-bond acceptors (Lipinski definition) is 2. The van der Waals surface area contributed by atoms with Crippen LogP contribution in [0.15, 0.2) is 23.1 Å². The third-order valence-corrected chi connectivity index (χ3v) is 2.21. The van der Waals surface area contributed by atoms with Crippen molar-refractivity contribution in [2.75, 3.05) is 13.2 Å². The van der Waals surface area contributed by atoms with Crippen LogP contribution in [0.4, 0.5) is 0 Å². The van der Waals surface area contributed by atoms with Crippen LogP contribution in [0.2, 0.25) is 0 Å². The predicted molar refractivity (Wildman–Crippen MR) is 45.2 cm³/mol. The number of nitrogens with one attached hydrogen (secondary N) is 1. The molecule has 0 radical (unpaired) electrons. The van der Waals surface area contributed by atoms with Gasteiger partial charge >= 0.3 is 0 Å². The van der Waals surface area contributed by atoms with Crippen LogP contribution >= 0.6 is 0 Å². The molecule has 1 N–H and O–H groups in total. The van der Waals surface area contributed by atoms with Crippen molar-refractivity contribution in [1.82, 2.24) is 4.98 Å². The van der Waals surface area contributed by atoms with Crippen molar-refractivity contribution < 1.29 is 4.74 Å². The van der Waals surface area contributed by atoms with Gasteiger partial charge in [0.2, 0.25) is 5.56 Å². The fraction of sp³-hybridized carbons (Fsp3) is 0.444. The first-order valence-corrected chi connectivity index (χ1v) is 4.12. The topological polar surface area (TPSA) is 42.1 Å². The molecule has 2 rings (SSSR count). The highest BCUT2D eigenvalue weighted by molar-refractivity contribution is 5.15. The molecule has 0 saturated carbocycles. The summed E-state index contributed by atoms with van der Waals surface area (Å²) >= 11 is 0. The quantitative estimate of drug-likeness (QED) is 0.671. The maximum Gasteiger partial charge on any atom is 0.247 e. The fourth-order valence-electron chi connectivity index (χ4n) is 1.47. The number of H-pyrrole nitrogens is 1. The first-order valence-electron chi connectivity index (χ1n) is 4.12. The number of aromatic nitrogens is 1. The second-order valence-electron chi connectivity index (χ2n) is 3.05. The molecule has 1 saturated heterocycles. The third-order valence-electron chi connectivity index (χ3n) is 2.21. The maximum atomic E-state index is 10.7. The van der Waals surface area contributed by atoms with E-state index in [0.717, 1.165) is 19.6 Å². The minimum Gasteiger partial charge on any atom is -0.381 e. The summed E-state index contributed by atoms with van der Waals surface area (Å²) in [5.74, 6) is 0.474. The van der Waals surface area contributed by atoms with Crippen LogP contribution in [-0.2, 0) is 4.74 Å². The van der Waals surface area contributed by atoms with Crippen molar-refractivity contribution in [2.45, 2.75) is 12.3 Å². The van der Waals surface area contributed by atoms with Crippen molar-refractivity contribution in [2.24, 2.45) is 0 Å². The molecule has 0 amide bonds. The summed E-state index contributed by atoms with van der Waals surface area (Å²) in [5, 5.41) is 0. The second-order valence-corrected chi connectivity index (χ2v) is 3.05. The van der Waals surface area contributed by atoms with Crippen LogP contribution in [-0.4, -0.2) is 18.2 Å². The highest BCUT2D eigenvalue weighted by Crippen LogP contribution is 2.23. The summed E-state index contributed by atoms with van der Waals surface area (Å²) < 4.78 is 5.25. The highest BCUT2D eigenvalue weighted by atomic mass is 16.5. The monoisotopic (exact) mass is 165 g/mol. The molecule has 1 aliphatic rings. The van der Waals surface area contributed by atoms with E-state index in [1.165, 1.54) is 5.56 Å². The van der Waals surface area contributed by atoms with E-state index in [-0.39, 0.29) is 5.56 Å². The van der Waals surface area contributed by atoms with Crippen molar-refractivity contribution >= 4 is 0 Å². The summed E-state index contributed by atoms with van der Waals surface area (Å²) in [7, 11) is 0. The molecule has 1 aromatic rings. The third kappa shape index (κ3) is 1.41. The molecule has 64 valence electrons. The minimum atomic E-state index is -0.0438. The largest absolute Gasteiger partial charge is 0.381 e. The van der Waals surface area contributed by atoms with E-state index in [1.54, 1.807) is 12.3 Å². The molecule has 3 nitrogen and oxygen atoms in total. The molecule has 1 aliphatic heterocycles. The van der Waals surface area contributed by atoms with E-state index in [0.29, 0.717) is 5.92 Å². The Hall–Kier alpha value is -1.09. The molecule has 2 heterocycles. The maximum absolute atomic E-state index is 10.7. The van der Waals surface area contributed by atoms with Crippen LogP contribution in [0.1, 0.15) is 17.9 Å². The van der Waals surface area contributed by atoms with E-state index < -0.39 is 0 Å². The van der Waals surface area contributed by atoms with Gasteiger partial charge in [0.1, 0.15) is 0 Å². The lowest BCUT2D eigenvalue weighted by atomic mass is 10.0. The zero-order chi connectivity index (χ0) is 8.39. The molecule has 12 heavy (non-hydrogen) atoms. The van der Waals surface area contributed by atoms with Crippen molar-refractivity contribution in [1.29, 1.82) is 0 Å². The number of pyridine rings is 1. The lowest BCUT2D eigenvalue weighted by Gasteiger charge is -2.05. The Morgan fingerprint density at radius 1 is 1.50 bits per heavy atom. The van der Waals surface area contributed by atoms with E-state index in [1.807, 2.05) is 6.07 Å². The van der Waals surface area contributed by atoms with Crippen molar-refractivity contribution in [3.8, 4) is 0 Å². The first-order chi connectivity index (χ1) is 5.86. The standard InChI is InChI=1S/C9H11NO2/c11-9-2-1-7(5-10-9)8-3-4-12-6-8/h1-2,5,8H,3-4,6H2,(H,10,11). The van der Waals surface area contributed by atoms with E-state index in [2.05, 4.69) is 4.98 Å². The van der Waals surface area contributed by atoms with E-state index in [4.69, 9.17) is 4.74 Å². The van der Waals surface area contributed by atoms with Gasteiger partial charge in [-0.15, -0.1) is 0 Å². The average Bonchev–Trinajstić information content (AvgIpc) is 2.58. The van der Waals surface area contributed by atoms with Crippen LogP contribution in [0.3, 0.4) is 0 Å². The smallest absolute Gasteiger partial charge is 0.247 e. The summed E-state index contributed by atoms with van der Waals surface area (Å²) in [6.07, 6.45) is 2.84. The molecule has 0 aromatic carbocycles. The Morgan fingerprint density at radius 3 is 3.00 bits per heavy atom. The molecular formula is C9H11NO2. The molecule has 1 aromatic heterocycles. The molecule has 1 fully saturated rings. The first kappa shape index (κ1) is 7.55. The number of aromatic amines is 1. The minimum absolute atomic E-state index is 0.0438. The predicted octanol–water partition coefficient (Wildman–Crippen LogP) is 0.879. The van der Waals surface area contributed by atoms with Crippen LogP contribution in [0.25, 0.3) is 0 Å². The molecular weight excluding hydrogens is 154 g/mol. The normalized spacial score (nSPS) is 22.8. The molecule has 0 bridgehead atoms. The summed E-state index contributed by atoms with van der Waals surface area (Å²) in [5.41, 5.74) is 1.13. The molecule has 1 unspecified atom stereocenters. The lowest BCUT2D eigenvalue weighted by molar-refractivity contribution is 0.194. The van der Waals surface area contributed by atoms with E-state index >= 15 is 0 Å². The van der Waals surface area contributed by atoms with Gasteiger partial charge in [0.05, 0.1) is 6.61 Å². The Labute approximate surface area is 70.4 Å². The average molecular weight is 165 g/mol. The Kier molecular flexibility index (Phi) is 1.96. The number of rotatable bonds is 1. The SMILES string of the molecule is O=c1ccc(C2CCOC2)c[nH]1. The molecule has 1 atom stereocenters. The summed E-state index contributed by atoms with van der Waals surface area (Å²) in [6, 6.07) is 3.44. The van der Waals surface area contributed by atoms with Gasteiger partial charge in [0.15, 0.2) is 0 Å². The van der Waals surface area contributed by atoms with E-state index in [9.17, 15) is 4.79 Å². The lowest BCUT2D eigenvalue weighted by Crippen LogP contribution is -2.06. The van der Waals surface area contributed by atoms with Crippen molar-refractivity contribution in [3.05, 3.63) is 34.2 Å². The molecule has 3 heteroatoms. The van der Waals surface area contributed by atoms with Gasteiger partial charge in [-0.1, -0.05) is 6.07 Å². The van der Waals surface area contributed by atoms with Gasteiger partial charge < -0.3 is 9.72 Å². The summed E-state index contributed by atoms with van der Waals surface area (Å²) in [6.45, 7) is 1.62. The van der Waals surface area contributed by atoms with Crippen LogP contribution in [0.5, 0.6) is 0 Å². The van der Waals surface area contributed by atoms with Gasteiger partial charge in [0, 0.05) is 24.8 Å². The zero-order valence-electron chi connectivity index (χ0n) is 6.75. The van der Waals surface area contributed by atoms with Gasteiger partial charge in [-0.2, -0.15) is 0 Å². The Morgan fingerprint density at radius 2 is 2.42 bits per heavy atom. The van der Waals surface area contributed by atoms with Crippen molar-refractivity contribution in [3.63, 3.8) is 0 Å². The van der Waals surface area contributed by atoms with Gasteiger partial charge in [-0.3, -0.25) is 4.79 Å². The second kappa shape index (κ2) is 3.11. The summed E-state index contributed by atoms with van der Waals surface area (Å²) in [4.78, 5) is 13.4. The zero-order valence-corrected chi connectivity index (χ0v) is 6.75. The molecule has 0 aliphatic carbocycles. The Balaban J connectivity index is 2.22. The fourth-order valence-corrected chi connectivity index (χ4v) is 1.47. The van der Waals surface area contributed by atoms with Gasteiger partial charge in [-0.25, -0.2) is 0 Å². The van der Waals surface area contributed by atoms with Gasteiger partial charge in [-0.05, 0) is 12.0 Å². The number of ether oxygens (including phenoxy) is 1. The molecule has 0 spiro atoms. The van der Waals surface area contributed by atoms with Crippen LogP contribution in [0, 0.1) is 0 Å². The van der Waals surface area contributed by atoms with Crippen LogP contribution < -0.4 is 5.56 Å².